The summed E-state index contributed by atoms with van der Waals surface area (Å²) in [5, 5.41) is 3.43. The molecule has 18 heavy (non-hydrogen) atoms. The van der Waals surface area contributed by atoms with Gasteiger partial charge in [0.2, 0.25) is 0 Å². The minimum Gasteiger partial charge on any atom is -0.317 e. The quantitative estimate of drug-likeness (QED) is 0.402. The van der Waals surface area contributed by atoms with Crippen molar-refractivity contribution in [3.8, 4) is 0 Å². The lowest BCUT2D eigenvalue weighted by molar-refractivity contribution is 0.375. The molecule has 0 aliphatic carbocycles. The fourth-order valence-electron chi connectivity index (χ4n) is 2.53. The van der Waals surface area contributed by atoms with Crippen molar-refractivity contribution in [2.24, 2.45) is 17.8 Å². The molecule has 0 bridgehead atoms. The second kappa shape index (κ2) is 11.8. The molecule has 0 heterocycles. The van der Waals surface area contributed by atoms with Crippen molar-refractivity contribution in [3.63, 3.8) is 0 Å². The van der Waals surface area contributed by atoms with Gasteiger partial charge in [0.05, 0.1) is 0 Å². The molecule has 0 aromatic rings. The summed E-state index contributed by atoms with van der Waals surface area (Å²) in [7, 11) is 0. The van der Waals surface area contributed by atoms with Crippen LogP contribution in [0.25, 0.3) is 0 Å². The van der Waals surface area contributed by atoms with Gasteiger partial charge in [-0.05, 0) is 50.1 Å². The number of allylic oxidation sites excluding steroid dienone is 2. The molecule has 1 N–H and O–H groups in total. The second-order valence-electron chi connectivity index (χ2n) is 5.77. The molecule has 0 spiro atoms. The van der Waals surface area contributed by atoms with Crippen LogP contribution in [0.3, 0.4) is 0 Å². The first-order chi connectivity index (χ1) is 8.65. The first-order valence-electron chi connectivity index (χ1n) is 8.02. The van der Waals surface area contributed by atoms with E-state index in [4.69, 9.17) is 0 Å². The molecule has 108 valence electrons. The van der Waals surface area contributed by atoms with Gasteiger partial charge in [0.25, 0.3) is 0 Å². The number of hydrogen-bond donors (Lipinski definition) is 1. The van der Waals surface area contributed by atoms with Crippen molar-refractivity contribution in [3.05, 3.63) is 12.2 Å². The summed E-state index contributed by atoms with van der Waals surface area (Å²) in [4.78, 5) is 0. The molecule has 0 amide bonds. The summed E-state index contributed by atoms with van der Waals surface area (Å²) in [5.74, 6) is 2.45. The van der Waals surface area contributed by atoms with Crippen LogP contribution >= 0.6 is 0 Å². The highest BCUT2D eigenvalue weighted by Crippen LogP contribution is 2.20. The van der Waals surface area contributed by atoms with E-state index in [-0.39, 0.29) is 0 Å². The average molecular weight is 253 g/mol. The molecule has 0 fully saturated rings. The van der Waals surface area contributed by atoms with E-state index in [2.05, 4.69) is 52.1 Å². The molecule has 0 radical (unpaired) electrons. The Labute approximate surface area is 115 Å². The Bertz CT molecular complexity index is 196. The highest BCUT2D eigenvalue weighted by Gasteiger charge is 2.09. The first-order valence-corrected chi connectivity index (χ1v) is 8.02. The van der Waals surface area contributed by atoms with Gasteiger partial charge in [0, 0.05) is 0 Å². The Morgan fingerprint density at radius 1 is 1.06 bits per heavy atom. The Kier molecular flexibility index (Phi) is 11.6. The van der Waals surface area contributed by atoms with Gasteiger partial charge in [-0.2, -0.15) is 0 Å². The molecule has 0 aromatic heterocycles. The summed E-state index contributed by atoms with van der Waals surface area (Å²) < 4.78 is 0. The molecular formula is C17H35N. The number of hydrogen-bond acceptors (Lipinski definition) is 1. The Morgan fingerprint density at radius 2 is 1.78 bits per heavy atom. The summed E-state index contributed by atoms with van der Waals surface area (Å²) in [5.41, 5.74) is 0. The van der Waals surface area contributed by atoms with Crippen molar-refractivity contribution < 1.29 is 0 Å². The maximum atomic E-state index is 3.43. The lowest BCUT2D eigenvalue weighted by Gasteiger charge is -2.17. The normalized spacial score (nSPS) is 15.4. The molecule has 1 nitrogen and oxygen atoms in total. The standard InChI is InChI=1S/C17H35N/c1-6-10-16(13-14-18-8-3)11-9-12-17(7-2)15(4)5/h9,11,15-18H,6-8,10,12-14H2,1-5H3. The zero-order valence-corrected chi connectivity index (χ0v) is 13.3. The van der Waals surface area contributed by atoms with Crippen molar-refractivity contribution in [2.45, 2.75) is 66.7 Å². The van der Waals surface area contributed by atoms with E-state index in [0.717, 1.165) is 30.8 Å². The van der Waals surface area contributed by atoms with E-state index in [9.17, 15) is 0 Å². The van der Waals surface area contributed by atoms with E-state index < -0.39 is 0 Å². The molecular weight excluding hydrogens is 218 g/mol. The van der Waals surface area contributed by atoms with Gasteiger partial charge >= 0.3 is 0 Å². The third-order valence-corrected chi connectivity index (χ3v) is 3.92. The van der Waals surface area contributed by atoms with Crippen LogP contribution in [-0.2, 0) is 0 Å². The van der Waals surface area contributed by atoms with Crippen LogP contribution in [0.5, 0.6) is 0 Å². The zero-order chi connectivity index (χ0) is 13.8. The van der Waals surface area contributed by atoms with Gasteiger partial charge in [-0.25, -0.2) is 0 Å². The van der Waals surface area contributed by atoms with Gasteiger partial charge in [-0.3, -0.25) is 0 Å². The molecule has 0 saturated carbocycles. The van der Waals surface area contributed by atoms with E-state index in [1.807, 2.05) is 0 Å². The van der Waals surface area contributed by atoms with Crippen molar-refractivity contribution >= 4 is 0 Å². The summed E-state index contributed by atoms with van der Waals surface area (Å²) in [6.45, 7) is 13.7. The molecule has 2 atom stereocenters. The molecule has 0 aliphatic heterocycles. The van der Waals surface area contributed by atoms with Crippen LogP contribution in [0.2, 0.25) is 0 Å². The maximum absolute atomic E-state index is 3.43. The Hall–Kier alpha value is -0.300. The predicted octanol–water partition coefficient (Wildman–Crippen LogP) is 5.03. The van der Waals surface area contributed by atoms with Crippen molar-refractivity contribution in [1.29, 1.82) is 0 Å². The van der Waals surface area contributed by atoms with Gasteiger partial charge in [0.1, 0.15) is 0 Å². The van der Waals surface area contributed by atoms with Gasteiger partial charge in [0.15, 0.2) is 0 Å². The SMILES string of the molecule is CCCC(C=CCC(CC)C(C)C)CCNCC. The predicted molar refractivity (Wildman–Crippen MR) is 83.9 cm³/mol. The van der Waals surface area contributed by atoms with Crippen LogP contribution in [0.1, 0.15) is 66.7 Å². The van der Waals surface area contributed by atoms with Crippen LogP contribution in [0.4, 0.5) is 0 Å². The van der Waals surface area contributed by atoms with Gasteiger partial charge in [-0.1, -0.05) is 59.6 Å². The van der Waals surface area contributed by atoms with E-state index in [1.54, 1.807) is 0 Å². The largest absolute Gasteiger partial charge is 0.317 e. The van der Waals surface area contributed by atoms with Crippen LogP contribution < -0.4 is 5.32 Å². The Balaban J connectivity index is 4.04. The molecule has 0 saturated heterocycles. The van der Waals surface area contributed by atoms with E-state index in [1.165, 1.54) is 32.1 Å². The summed E-state index contributed by atoms with van der Waals surface area (Å²) >= 11 is 0. The number of rotatable bonds is 11. The molecule has 1 heteroatoms. The van der Waals surface area contributed by atoms with Crippen LogP contribution in [-0.4, -0.2) is 13.1 Å². The smallest absolute Gasteiger partial charge is 0.00434 e. The fourth-order valence-corrected chi connectivity index (χ4v) is 2.53. The minimum absolute atomic E-state index is 0.777. The monoisotopic (exact) mass is 253 g/mol. The zero-order valence-electron chi connectivity index (χ0n) is 13.3. The molecule has 2 unspecified atom stereocenters. The van der Waals surface area contributed by atoms with Gasteiger partial charge in [-0.15, -0.1) is 0 Å². The third kappa shape index (κ3) is 8.74. The highest BCUT2D eigenvalue weighted by atomic mass is 14.8. The maximum Gasteiger partial charge on any atom is -0.00434 e. The fraction of sp³-hybridized carbons (Fsp3) is 0.882. The Morgan fingerprint density at radius 3 is 2.28 bits per heavy atom. The molecule has 0 aliphatic rings. The number of nitrogens with one attached hydrogen (secondary N) is 1. The van der Waals surface area contributed by atoms with Crippen LogP contribution in [0.15, 0.2) is 12.2 Å². The van der Waals surface area contributed by atoms with Crippen LogP contribution in [0, 0.1) is 17.8 Å². The van der Waals surface area contributed by atoms with Crippen molar-refractivity contribution in [2.75, 3.05) is 13.1 Å². The van der Waals surface area contributed by atoms with E-state index in [0.29, 0.717) is 0 Å². The lowest BCUT2D eigenvalue weighted by atomic mass is 9.89. The second-order valence-corrected chi connectivity index (χ2v) is 5.77. The lowest BCUT2D eigenvalue weighted by Crippen LogP contribution is -2.16. The third-order valence-electron chi connectivity index (χ3n) is 3.92. The first kappa shape index (κ1) is 17.7. The van der Waals surface area contributed by atoms with Gasteiger partial charge < -0.3 is 5.32 Å². The van der Waals surface area contributed by atoms with Crippen molar-refractivity contribution in [1.82, 2.24) is 5.32 Å². The van der Waals surface area contributed by atoms with E-state index >= 15 is 0 Å². The topological polar surface area (TPSA) is 12.0 Å². The molecule has 0 aromatic carbocycles. The highest BCUT2D eigenvalue weighted by molar-refractivity contribution is 4.90. The average Bonchev–Trinajstić information content (AvgIpc) is 2.34. The summed E-state index contributed by atoms with van der Waals surface area (Å²) in [6.07, 6.45) is 11.4. The molecule has 0 rings (SSSR count). The minimum atomic E-state index is 0.777. The summed E-state index contributed by atoms with van der Waals surface area (Å²) in [6, 6.07) is 0.